The molecule has 186 valence electrons. The average Bonchev–Trinajstić information content (AvgIpc) is 3.40. The molecule has 10 heteroatoms. The number of hydrogen-bond donors (Lipinski definition) is 0. The van der Waals surface area contributed by atoms with E-state index in [1.54, 1.807) is 36.3 Å². The van der Waals surface area contributed by atoms with Crippen LogP contribution in [0.4, 0.5) is 10.8 Å². The van der Waals surface area contributed by atoms with Gasteiger partial charge in [-0.15, -0.1) is 12.4 Å². The quantitative estimate of drug-likeness (QED) is 0.415. The van der Waals surface area contributed by atoms with Crippen molar-refractivity contribution in [2.75, 3.05) is 44.1 Å². The van der Waals surface area contributed by atoms with E-state index < -0.39 is 0 Å². The van der Waals surface area contributed by atoms with E-state index in [9.17, 15) is 14.4 Å². The van der Waals surface area contributed by atoms with Gasteiger partial charge in [-0.05, 0) is 69.9 Å². The molecule has 2 heterocycles. The number of carbonyl (C=O) groups excluding carboxylic acids is 3. The Hall–Kier alpha value is -3.01. The van der Waals surface area contributed by atoms with Gasteiger partial charge in [-0.1, -0.05) is 17.4 Å². The van der Waals surface area contributed by atoms with Crippen LogP contribution in [0.1, 0.15) is 35.2 Å². The van der Waals surface area contributed by atoms with Crippen LogP contribution in [0.15, 0.2) is 36.4 Å². The van der Waals surface area contributed by atoms with E-state index in [2.05, 4.69) is 4.90 Å². The van der Waals surface area contributed by atoms with Crippen molar-refractivity contribution in [3.63, 3.8) is 0 Å². The summed E-state index contributed by atoms with van der Waals surface area (Å²) >= 11 is 1.47. The summed E-state index contributed by atoms with van der Waals surface area (Å²) in [6.07, 6.45) is 1.22. The number of aryl methyl sites for hydroxylation is 1. The summed E-state index contributed by atoms with van der Waals surface area (Å²) in [7, 11) is 5.61. The maximum absolute atomic E-state index is 13.6. The lowest BCUT2D eigenvalue weighted by atomic mass is 10.1. The van der Waals surface area contributed by atoms with Gasteiger partial charge in [0.2, 0.25) is 11.8 Å². The molecule has 1 fully saturated rings. The van der Waals surface area contributed by atoms with Gasteiger partial charge in [-0.25, -0.2) is 4.98 Å². The lowest BCUT2D eigenvalue weighted by molar-refractivity contribution is -0.121. The van der Waals surface area contributed by atoms with Crippen LogP contribution in [0, 0.1) is 6.92 Å². The Morgan fingerprint density at radius 2 is 1.71 bits per heavy atom. The van der Waals surface area contributed by atoms with Crippen LogP contribution in [0.5, 0.6) is 5.75 Å². The van der Waals surface area contributed by atoms with Crippen LogP contribution >= 0.6 is 23.7 Å². The second-order valence-corrected chi connectivity index (χ2v) is 9.52. The minimum Gasteiger partial charge on any atom is -0.494 e. The molecule has 8 nitrogen and oxygen atoms in total. The first-order valence-electron chi connectivity index (χ1n) is 11.2. The summed E-state index contributed by atoms with van der Waals surface area (Å²) in [5, 5.41) is 0.611. The highest BCUT2D eigenvalue weighted by molar-refractivity contribution is 7.22. The van der Waals surface area contributed by atoms with E-state index in [4.69, 9.17) is 9.72 Å². The third-order valence-electron chi connectivity index (χ3n) is 5.80. The molecule has 35 heavy (non-hydrogen) atoms. The minimum absolute atomic E-state index is 0. The zero-order valence-corrected chi connectivity index (χ0v) is 21.9. The van der Waals surface area contributed by atoms with Crippen molar-refractivity contribution < 1.29 is 19.1 Å². The predicted octanol–water partition coefficient (Wildman–Crippen LogP) is 4.29. The fourth-order valence-corrected chi connectivity index (χ4v) is 5.06. The number of imide groups is 1. The summed E-state index contributed by atoms with van der Waals surface area (Å²) in [6, 6.07) is 10.5. The number of hydrogen-bond acceptors (Lipinski definition) is 7. The van der Waals surface area contributed by atoms with E-state index >= 15 is 0 Å². The van der Waals surface area contributed by atoms with Crippen LogP contribution < -0.4 is 14.5 Å². The Kier molecular flexibility index (Phi) is 8.47. The van der Waals surface area contributed by atoms with E-state index in [1.165, 1.54) is 16.2 Å². The van der Waals surface area contributed by atoms with Gasteiger partial charge in [0.15, 0.2) is 5.13 Å². The molecule has 0 radical (unpaired) electrons. The summed E-state index contributed by atoms with van der Waals surface area (Å²) in [6.45, 7) is 3.35. The third kappa shape index (κ3) is 5.47. The minimum atomic E-state index is -0.215. The van der Waals surface area contributed by atoms with Crippen LogP contribution in [-0.4, -0.2) is 61.9 Å². The molecule has 1 aliphatic heterocycles. The largest absolute Gasteiger partial charge is 0.494 e. The van der Waals surface area contributed by atoms with Gasteiger partial charge in [0.25, 0.3) is 5.91 Å². The molecular formula is C25H29ClN4O4S. The molecule has 1 saturated heterocycles. The Bertz CT molecular complexity index is 1230. The zero-order chi connectivity index (χ0) is 24.4. The number of thiazole rings is 1. The predicted molar refractivity (Wildman–Crippen MR) is 141 cm³/mol. The number of rotatable bonds is 8. The Balaban J connectivity index is 0.00000342. The lowest BCUT2D eigenvalue weighted by Crippen LogP contribution is -2.33. The van der Waals surface area contributed by atoms with Crippen molar-refractivity contribution in [2.45, 2.75) is 26.2 Å². The molecule has 0 unspecified atom stereocenters. The van der Waals surface area contributed by atoms with Gasteiger partial charge >= 0.3 is 0 Å². The van der Waals surface area contributed by atoms with Gasteiger partial charge in [0, 0.05) is 24.9 Å². The summed E-state index contributed by atoms with van der Waals surface area (Å²) in [5.41, 5.74) is 2.78. The van der Waals surface area contributed by atoms with Crippen LogP contribution in [0.2, 0.25) is 0 Å². The van der Waals surface area contributed by atoms with Crippen molar-refractivity contribution >= 4 is 62.5 Å². The number of nitrogens with zero attached hydrogens (tertiary/aromatic N) is 4. The maximum Gasteiger partial charge on any atom is 0.260 e. The Labute approximate surface area is 214 Å². The maximum atomic E-state index is 13.6. The first-order valence-corrected chi connectivity index (χ1v) is 12.0. The van der Waals surface area contributed by atoms with Crippen molar-refractivity contribution in [3.8, 4) is 5.75 Å². The highest BCUT2D eigenvalue weighted by Gasteiger charge is 2.30. The number of amides is 3. The molecule has 0 saturated carbocycles. The number of anilines is 2. The van der Waals surface area contributed by atoms with Crippen LogP contribution in [-0.2, 0) is 9.59 Å². The number of ether oxygens (including phenoxy) is 1. The SMILES string of the molecule is COc1ccc(C)c2sc(N(CCCN(C)C)C(=O)c3ccc(N4C(=O)CCC4=O)cc3)nc12.Cl. The highest BCUT2D eigenvalue weighted by Crippen LogP contribution is 2.37. The number of benzene rings is 2. The number of halogens is 1. The van der Waals surface area contributed by atoms with Gasteiger partial charge in [0.1, 0.15) is 11.3 Å². The molecule has 0 N–H and O–H groups in total. The van der Waals surface area contributed by atoms with Gasteiger partial charge in [-0.3, -0.25) is 24.2 Å². The Morgan fingerprint density at radius 1 is 1.06 bits per heavy atom. The summed E-state index contributed by atoms with van der Waals surface area (Å²) in [5.74, 6) is 0.0644. The Morgan fingerprint density at radius 3 is 2.31 bits per heavy atom. The molecule has 1 aromatic heterocycles. The van der Waals surface area contributed by atoms with Crippen molar-refractivity contribution in [2.24, 2.45) is 0 Å². The van der Waals surface area contributed by atoms with E-state index in [0.29, 0.717) is 28.7 Å². The molecular weight excluding hydrogens is 488 g/mol. The second-order valence-electron chi connectivity index (χ2n) is 8.54. The normalized spacial score (nSPS) is 13.5. The molecule has 3 amide bonds. The average molecular weight is 517 g/mol. The first-order chi connectivity index (χ1) is 16.3. The highest BCUT2D eigenvalue weighted by atomic mass is 35.5. The number of methoxy groups -OCH3 is 1. The van der Waals surface area contributed by atoms with E-state index in [1.807, 2.05) is 33.2 Å². The number of aromatic nitrogens is 1. The number of fused-ring (bicyclic) bond motifs is 1. The fourth-order valence-electron chi connectivity index (χ4n) is 3.98. The second kappa shape index (κ2) is 11.2. The summed E-state index contributed by atoms with van der Waals surface area (Å²) < 4.78 is 6.47. The molecule has 0 bridgehead atoms. The molecule has 3 aromatic rings. The van der Waals surface area contributed by atoms with Crippen LogP contribution in [0.3, 0.4) is 0 Å². The van der Waals surface area contributed by atoms with E-state index in [-0.39, 0.29) is 43.0 Å². The smallest absolute Gasteiger partial charge is 0.260 e. The van der Waals surface area contributed by atoms with E-state index in [0.717, 1.165) is 28.7 Å². The lowest BCUT2D eigenvalue weighted by Gasteiger charge is -2.21. The van der Waals surface area contributed by atoms with Crippen LogP contribution in [0.25, 0.3) is 10.2 Å². The van der Waals surface area contributed by atoms with Gasteiger partial charge < -0.3 is 9.64 Å². The monoisotopic (exact) mass is 516 g/mol. The molecule has 0 aliphatic carbocycles. The van der Waals surface area contributed by atoms with Gasteiger partial charge in [0.05, 0.1) is 17.5 Å². The molecule has 0 atom stereocenters. The van der Waals surface area contributed by atoms with Crippen molar-refractivity contribution in [3.05, 3.63) is 47.5 Å². The van der Waals surface area contributed by atoms with Gasteiger partial charge in [-0.2, -0.15) is 0 Å². The molecule has 2 aromatic carbocycles. The molecule has 4 rings (SSSR count). The molecule has 0 spiro atoms. The standard InChI is InChI=1S/C25H28N4O4S.ClH/c1-16-6-11-19(33-4)22-23(16)34-25(26-22)28(15-5-14-27(2)3)24(32)17-7-9-18(10-8-17)29-20(30)12-13-21(29)31;/h6-11H,5,12-15H2,1-4H3;1H. The topological polar surface area (TPSA) is 83.0 Å². The summed E-state index contributed by atoms with van der Waals surface area (Å²) in [4.78, 5) is 47.4. The number of carbonyl (C=O) groups is 3. The van der Waals surface area contributed by atoms with Crippen molar-refractivity contribution in [1.29, 1.82) is 0 Å². The zero-order valence-electron chi connectivity index (χ0n) is 20.2. The van der Waals surface area contributed by atoms with Crippen molar-refractivity contribution in [1.82, 2.24) is 9.88 Å². The fraction of sp³-hybridized carbons (Fsp3) is 0.360. The third-order valence-corrected chi connectivity index (χ3v) is 7.01. The molecule has 1 aliphatic rings. The first kappa shape index (κ1) is 26.6.